The van der Waals surface area contributed by atoms with Gasteiger partial charge in [0.25, 0.3) is 0 Å². The molecule has 0 amide bonds. The van der Waals surface area contributed by atoms with Gasteiger partial charge in [-0.05, 0) is 136 Å². The first-order valence-corrected chi connectivity index (χ1v) is 27.3. The van der Waals surface area contributed by atoms with Gasteiger partial charge in [-0.3, -0.25) is 0 Å². The summed E-state index contributed by atoms with van der Waals surface area (Å²) < 4.78 is 9.60. The molecule has 0 saturated carbocycles. The Balaban J connectivity index is 0.000000151. The van der Waals surface area contributed by atoms with E-state index in [0.717, 1.165) is 0 Å². The van der Waals surface area contributed by atoms with Crippen LogP contribution in [0.25, 0.3) is 121 Å². The van der Waals surface area contributed by atoms with Crippen molar-refractivity contribution >= 4 is 87.2 Å². The molecule has 0 aliphatic heterocycles. The molecule has 4 heteroatoms. The lowest BCUT2D eigenvalue weighted by Crippen LogP contribution is -2.10. The molecule has 0 spiro atoms. The molecule has 376 valence electrons. The molecule has 0 fully saturated rings. The number of hydrogen-bond acceptors (Lipinski definition) is 0. The lowest BCUT2D eigenvalue weighted by molar-refractivity contribution is 0.591. The Morgan fingerprint density at radius 1 is 0.205 bits per heavy atom. The minimum absolute atomic E-state index is 0.0908. The van der Waals surface area contributed by atoms with Gasteiger partial charge in [0.15, 0.2) is 0 Å². The highest BCUT2D eigenvalue weighted by molar-refractivity contribution is 6.12. The van der Waals surface area contributed by atoms with Crippen LogP contribution in [-0.4, -0.2) is 18.3 Å². The topological polar surface area (TPSA) is 19.7 Å². The second-order valence-corrected chi connectivity index (χ2v) is 23.0. The van der Waals surface area contributed by atoms with E-state index in [1.165, 1.54) is 132 Å². The number of aromatic nitrogens is 4. The fourth-order valence-electron chi connectivity index (χ4n) is 12.3. The fraction of sp³-hybridized carbons (Fsp3) is 0.108. The van der Waals surface area contributed by atoms with Crippen molar-refractivity contribution in [1.82, 2.24) is 18.3 Å². The Hall–Kier alpha value is -9.38. The monoisotopic (exact) mass is 1000 g/mol. The summed E-state index contributed by atoms with van der Waals surface area (Å²) in [7, 11) is 0. The van der Waals surface area contributed by atoms with Crippen LogP contribution in [0, 0.1) is 0 Å². The molecule has 0 unspecified atom stereocenters. The van der Waals surface area contributed by atoms with E-state index >= 15 is 0 Å². The quantitative estimate of drug-likeness (QED) is 0.164. The first kappa shape index (κ1) is 47.1. The zero-order chi connectivity index (χ0) is 52.9. The van der Waals surface area contributed by atoms with Gasteiger partial charge in [0.2, 0.25) is 0 Å². The van der Waals surface area contributed by atoms with Crippen LogP contribution in [0.3, 0.4) is 0 Å². The van der Waals surface area contributed by atoms with Gasteiger partial charge in [-0.2, -0.15) is 0 Å². The Bertz CT molecular complexity index is 4410. The van der Waals surface area contributed by atoms with E-state index in [0.29, 0.717) is 0 Å². The second-order valence-electron chi connectivity index (χ2n) is 23.0. The summed E-state index contributed by atoms with van der Waals surface area (Å²) in [4.78, 5) is 0. The van der Waals surface area contributed by atoms with Crippen molar-refractivity contribution < 1.29 is 0 Å². The van der Waals surface area contributed by atoms with Gasteiger partial charge in [0.05, 0.1) is 44.1 Å². The van der Waals surface area contributed by atoms with Crippen LogP contribution in [0.5, 0.6) is 0 Å². The molecular weight excluding hydrogens is 945 g/mol. The van der Waals surface area contributed by atoms with Crippen LogP contribution in [0.4, 0.5) is 0 Å². The van der Waals surface area contributed by atoms with E-state index in [9.17, 15) is 0 Å². The van der Waals surface area contributed by atoms with Crippen molar-refractivity contribution in [3.05, 3.63) is 266 Å². The third-order valence-electron chi connectivity index (χ3n) is 16.1. The van der Waals surface area contributed by atoms with Crippen LogP contribution >= 0.6 is 0 Å². The van der Waals surface area contributed by atoms with Gasteiger partial charge in [-0.15, -0.1) is 0 Å². The molecule has 78 heavy (non-hydrogen) atoms. The molecule has 0 saturated heterocycles. The Morgan fingerprint density at radius 2 is 0.449 bits per heavy atom. The van der Waals surface area contributed by atoms with Crippen molar-refractivity contribution in [3.63, 3.8) is 0 Å². The third kappa shape index (κ3) is 7.73. The summed E-state index contributed by atoms with van der Waals surface area (Å²) in [5.41, 5.74) is 19.8. The summed E-state index contributed by atoms with van der Waals surface area (Å²) in [6, 6.07) is 93.1. The van der Waals surface area contributed by atoms with Gasteiger partial charge in [0.1, 0.15) is 0 Å². The molecule has 0 aliphatic rings. The summed E-state index contributed by atoms with van der Waals surface area (Å²) in [6.45, 7) is 13.7. The Labute approximate surface area is 455 Å². The predicted octanol–water partition coefficient (Wildman–Crippen LogP) is 20.0. The van der Waals surface area contributed by atoms with E-state index in [1.807, 2.05) is 0 Å². The van der Waals surface area contributed by atoms with Crippen molar-refractivity contribution in [3.8, 4) is 33.9 Å². The zero-order valence-electron chi connectivity index (χ0n) is 45.0. The van der Waals surface area contributed by atoms with Crippen molar-refractivity contribution in [2.45, 2.75) is 52.4 Å². The number of hydrogen-bond donors (Lipinski definition) is 0. The molecule has 0 atom stereocenters. The number of fused-ring (bicyclic) bond motifs is 12. The fourth-order valence-corrected chi connectivity index (χ4v) is 12.3. The van der Waals surface area contributed by atoms with Gasteiger partial charge >= 0.3 is 0 Å². The van der Waals surface area contributed by atoms with E-state index < -0.39 is 0 Å². The first-order chi connectivity index (χ1) is 38.0. The number of benzene rings is 11. The largest absolute Gasteiger partial charge is 0.309 e. The highest BCUT2D eigenvalue weighted by Crippen LogP contribution is 2.40. The minimum Gasteiger partial charge on any atom is -0.309 e. The molecule has 15 rings (SSSR count). The number of nitrogens with zero attached hydrogens (tertiary/aromatic N) is 4. The van der Waals surface area contributed by atoms with Crippen molar-refractivity contribution in [1.29, 1.82) is 0 Å². The standard InChI is InChI=1S/C44H40N2.C30H20N2/c1-43(2,3)31-21-23-41-37(27-31)35-17-7-9-19-39(35)45(41)33-15-11-13-29(25-33)30-14-12-16-34(26-30)46-40-20-10-8-18-36(40)38-28-32(44(4,5)6)22-24-42(38)46;1-5-16-27-23(12-1)24-13-2-6-17-28(24)31(27)21-10-9-11-22(20-21)32-29-18-7-3-14-25(29)26-15-4-8-19-30(26)32/h7-28H,1-6H3;1-20H. The highest BCUT2D eigenvalue weighted by atomic mass is 15.0. The second kappa shape index (κ2) is 18.1. The predicted molar refractivity (Wildman–Crippen MR) is 333 cm³/mol. The van der Waals surface area contributed by atoms with Crippen LogP contribution in [0.2, 0.25) is 0 Å². The van der Waals surface area contributed by atoms with Crippen LogP contribution in [-0.2, 0) is 10.8 Å². The molecule has 11 aromatic carbocycles. The average molecular weight is 1010 g/mol. The van der Waals surface area contributed by atoms with Crippen LogP contribution in [0.1, 0.15) is 52.7 Å². The third-order valence-corrected chi connectivity index (χ3v) is 16.1. The van der Waals surface area contributed by atoms with Crippen molar-refractivity contribution in [2.75, 3.05) is 0 Å². The van der Waals surface area contributed by atoms with Gasteiger partial charge < -0.3 is 18.3 Å². The number of para-hydroxylation sites is 6. The molecule has 4 aromatic heterocycles. The molecule has 4 nitrogen and oxygen atoms in total. The normalized spacial score (nSPS) is 12.2. The van der Waals surface area contributed by atoms with E-state index in [2.05, 4.69) is 315 Å². The molecule has 0 aliphatic carbocycles. The van der Waals surface area contributed by atoms with Crippen LogP contribution in [0.15, 0.2) is 255 Å². The lowest BCUT2D eigenvalue weighted by atomic mass is 9.86. The first-order valence-electron chi connectivity index (χ1n) is 27.3. The molecule has 0 bridgehead atoms. The maximum atomic E-state index is 2.42. The van der Waals surface area contributed by atoms with E-state index in [-0.39, 0.29) is 10.8 Å². The van der Waals surface area contributed by atoms with Gasteiger partial charge in [0, 0.05) is 65.8 Å². The lowest BCUT2D eigenvalue weighted by Gasteiger charge is -2.19. The van der Waals surface area contributed by atoms with Gasteiger partial charge in [-0.1, -0.05) is 193 Å². The molecule has 15 aromatic rings. The number of rotatable bonds is 5. The smallest absolute Gasteiger partial charge is 0.0541 e. The van der Waals surface area contributed by atoms with Crippen LogP contribution < -0.4 is 0 Å². The van der Waals surface area contributed by atoms with Crippen molar-refractivity contribution in [2.24, 2.45) is 0 Å². The SMILES string of the molecule is CC(C)(C)c1ccc2c(c1)c1ccccc1n2-c1cccc(-c2cccc(-n3c4ccccc4c4cc(C(C)(C)C)ccc43)c2)c1.c1cc(-n2c3ccccc3c3ccccc32)cc(-n2c3ccccc3c3ccccc32)c1. The molecule has 0 N–H and O–H groups in total. The van der Waals surface area contributed by atoms with Gasteiger partial charge in [-0.25, -0.2) is 0 Å². The summed E-state index contributed by atoms with van der Waals surface area (Å²) in [5, 5.41) is 10.3. The summed E-state index contributed by atoms with van der Waals surface area (Å²) >= 11 is 0. The minimum atomic E-state index is 0.0908. The molecule has 0 radical (unpaired) electrons. The summed E-state index contributed by atoms with van der Waals surface area (Å²) in [5.74, 6) is 0. The Morgan fingerprint density at radius 3 is 0.744 bits per heavy atom. The highest BCUT2D eigenvalue weighted by Gasteiger charge is 2.21. The average Bonchev–Trinajstić information content (AvgIpc) is 4.34. The Kier molecular flexibility index (Phi) is 11.0. The molecular formula is C74H60N4. The maximum absolute atomic E-state index is 2.42. The molecule has 4 heterocycles. The zero-order valence-corrected chi connectivity index (χ0v) is 45.0. The van der Waals surface area contributed by atoms with E-state index in [1.54, 1.807) is 0 Å². The summed E-state index contributed by atoms with van der Waals surface area (Å²) in [6.07, 6.45) is 0. The van der Waals surface area contributed by atoms with E-state index in [4.69, 9.17) is 0 Å². The maximum Gasteiger partial charge on any atom is 0.0541 e.